The number of para-hydroxylation sites is 1. The van der Waals surface area contributed by atoms with Crippen molar-refractivity contribution in [1.29, 1.82) is 0 Å². The fourth-order valence-corrected chi connectivity index (χ4v) is 1.41. The minimum absolute atomic E-state index is 0.177. The highest BCUT2D eigenvalue weighted by Crippen LogP contribution is 2.32. The summed E-state index contributed by atoms with van der Waals surface area (Å²) in [6.07, 6.45) is 1.89. The second kappa shape index (κ2) is 3.17. The summed E-state index contributed by atoms with van der Waals surface area (Å²) in [5.41, 5.74) is 0. The molecule has 3 heteroatoms. The van der Waals surface area contributed by atoms with E-state index in [0.717, 1.165) is 4.90 Å². The van der Waals surface area contributed by atoms with Crippen LogP contribution < -0.4 is 0 Å². The van der Waals surface area contributed by atoms with E-state index in [0.29, 0.717) is 5.02 Å². The molecule has 1 N–H and O–H groups in total. The monoisotopic (exact) mass is 174 g/mol. The summed E-state index contributed by atoms with van der Waals surface area (Å²) < 4.78 is 0. The SMILES string of the molecule is CSc1cccc(Cl)c1O. The molecule has 1 aromatic rings. The second-order valence-corrected chi connectivity index (χ2v) is 3.05. The Kier molecular flexibility index (Phi) is 2.46. The third kappa shape index (κ3) is 1.39. The van der Waals surface area contributed by atoms with Crippen LogP contribution in [0.5, 0.6) is 5.75 Å². The Hall–Kier alpha value is -0.340. The highest BCUT2D eigenvalue weighted by atomic mass is 35.5. The number of benzene rings is 1. The normalized spacial score (nSPS) is 9.80. The molecule has 54 valence electrons. The molecule has 0 bridgehead atoms. The molecule has 0 aliphatic heterocycles. The molecule has 0 fully saturated rings. The maximum Gasteiger partial charge on any atom is 0.147 e. The van der Waals surface area contributed by atoms with E-state index in [1.54, 1.807) is 6.07 Å². The molecule has 0 saturated carbocycles. The van der Waals surface area contributed by atoms with Gasteiger partial charge in [0.15, 0.2) is 0 Å². The number of hydrogen-bond acceptors (Lipinski definition) is 2. The lowest BCUT2D eigenvalue weighted by atomic mass is 10.3. The van der Waals surface area contributed by atoms with Gasteiger partial charge in [0.25, 0.3) is 0 Å². The molecule has 1 aromatic carbocycles. The minimum atomic E-state index is 0.177. The quantitative estimate of drug-likeness (QED) is 0.661. The maximum absolute atomic E-state index is 9.24. The van der Waals surface area contributed by atoms with Gasteiger partial charge in [0.05, 0.1) is 9.92 Å². The van der Waals surface area contributed by atoms with Gasteiger partial charge in [-0.05, 0) is 18.4 Å². The summed E-state index contributed by atoms with van der Waals surface area (Å²) in [4.78, 5) is 0.813. The molecule has 0 saturated heterocycles. The second-order valence-electron chi connectivity index (χ2n) is 1.79. The lowest BCUT2D eigenvalue weighted by Crippen LogP contribution is -1.72. The van der Waals surface area contributed by atoms with Gasteiger partial charge >= 0.3 is 0 Å². The molecule has 0 aromatic heterocycles. The van der Waals surface area contributed by atoms with Gasteiger partial charge in [-0.2, -0.15) is 0 Å². The fourth-order valence-electron chi connectivity index (χ4n) is 0.660. The molecule has 0 unspecified atom stereocenters. The van der Waals surface area contributed by atoms with Crippen LogP contribution >= 0.6 is 23.4 Å². The van der Waals surface area contributed by atoms with Gasteiger partial charge in [-0.3, -0.25) is 0 Å². The Labute approximate surface area is 69.0 Å². The smallest absolute Gasteiger partial charge is 0.147 e. The number of hydrogen-bond donors (Lipinski definition) is 1. The zero-order valence-electron chi connectivity index (χ0n) is 5.47. The largest absolute Gasteiger partial charge is 0.505 e. The number of phenolic OH excluding ortho intramolecular Hbond substituents is 1. The molecule has 1 rings (SSSR count). The molecular weight excluding hydrogens is 168 g/mol. The van der Waals surface area contributed by atoms with Crippen molar-refractivity contribution in [2.75, 3.05) is 6.26 Å². The Morgan fingerprint density at radius 2 is 2.20 bits per heavy atom. The van der Waals surface area contributed by atoms with Crippen molar-refractivity contribution < 1.29 is 5.11 Å². The van der Waals surface area contributed by atoms with Crippen LogP contribution in [-0.4, -0.2) is 11.4 Å². The third-order valence-electron chi connectivity index (χ3n) is 1.17. The number of aromatic hydroxyl groups is 1. The molecule has 10 heavy (non-hydrogen) atoms. The molecule has 0 heterocycles. The van der Waals surface area contributed by atoms with Gasteiger partial charge < -0.3 is 5.11 Å². The van der Waals surface area contributed by atoms with Crippen LogP contribution in [0.4, 0.5) is 0 Å². The minimum Gasteiger partial charge on any atom is -0.505 e. The summed E-state index contributed by atoms with van der Waals surface area (Å²) in [5.74, 6) is 0.177. The zero-order valence-corrected chi connectivity index (χ0v) is 7.04. The topological polar surface area (TPSA) is 20.2 Å². The van der Waals surface area contributed by atoms with E-state index in [4.69, 9.17) is 11.6 Å². The van der Waals surface area contributed by atoms with E-state index in [-0.39, 0.29) is 5.75 Å². The summed E-state index contributed by atoms with van der Waals surface area (Å²) in [7, 11) is 0. The standard InChI is InChI=1S/C7H7ClOS/c1-10-6-4-2-3-5(8)7(6)9/h2-4,9H,1H3. The lowest BCUT2D eigenvalue weighted by Gasteiger charge is -2.00. The summed E-state index contributed by atoms with van der Waals surface area (Å²) in [6, 6.07) is 5.30. The van der Waals surface area contributed by atoms with Crippen molar-refractivity contribution in [2.24, 2.45) is 0 Å². The van der Waals surface area contributed by atoms with Gasteiger partial charge in [-0.25, -0.2) is 0 Å². The average molecular weight is 175 g/mol. The van der Waals surface area contributed by atoms with Gasteiger partial charge in [-0.1, -0.05) is 17.7 Å². The first-order valence-electron chi connectivity index (χ1n) is 2.77. The van der Waals surface area contributed by atoms with E-state index < -0.39 is 0 Å². The van der Waals surface area contributed by atoms with E-state index >= 15 is 0 Å². The number of rotatable bonds is 1. The molecule has 0 amide bonds. The molecule has 0 aliphatic rings. The molecule has 0 spiro atoms. The highest BCUT2D eigenvalue weighted by Gasteiger charge is 2.01. The molecule has 0 atom stereocenters. The summed E-state index contributed by atoms with van der Waals surface area (Å²) in [6.45, 7) is 0. The van der Waals surface area contributed by atoms with Gasteiger partial charge in [-0.15, -0.1) is 11.8 Å². The molecule has 0 radical (unpaired) electrons. The van der Waals surface area contributed by atoms with Crippen molar-refractivity contribution in [2.45, 2.75) is 4.90 Å². The number of phenols is 1. The zero-order chi connectivity index (χ0) is 7.56. The Balaban J connectivity index is 3.14. The summed E-state index contributed by atoms with van der Waals surface area (Å²) >= 11 is 7.10. The van der Waals surface area contributed by atoms with Crippen molar-refractivity contribution in [1.82, 2.24) is 0 Å². The molecule has 1 nitrogen and oxygen atoms in total. The van der Waals surface area contributed by atoms with Crippen LogP contribution in [0.1, 0.15) is 0 Å². The van der Waals surface area contributed by atoms with E-state index in [9.17, 15) is 5.11 Å². The Morgan fingerprint density at radius 3 is 2.70 bits per heavy atom. The van der Waals surface area contributed by atoms with Gasteiger partial charge in [0.2, 0.25) is 0 Å². The first-order valence-corrected chi connectivity index (χ1v) is 4.37. The first kappa shape index (κ1) is 7.76. The molecular formula is C7H7ClOS. The van der Waals surface area contributed by atoms with Crippen molar-refractivity contribution in [3.05, 3.63) is 23.2 Å². The third-order valence-corrected chi connectivity index (χ3v) is 2.24. The van der Waals surface area contributed by atoms with Crippen LogP contribution in [-0.2, 0) is 0 Å². The summed E-state index contributed by atoms with van der Waals surface area (Å²) in [5, 5.41) is 9.65. The van der Waals surface area contributed by atoms with Crippen LogP contribution in [0.25, 0.3) is 0 Å². The predicted molar refractivity (Wildman–Crippen MR) is 44.9 cm³/mol. The van der Waals surface area contributed by atoms with E-state index in [1.165, 1.54) is 11.8 Å². The van der Waals surface area contributed by atoms with Crippen LogP contribution in [0.2, 0.25) is 5.02 Å². The maximum atomic E-state index is 9.24. The van der Waals surface area contributed by atoms with Crippen LogP contribution in [0, 0.1) is 0 Å². The highest BCUT2D eigenvalue weighted by molar-refractivity contribution is 7.98. The van der Waals surface area contributed by atoms with E-state index in [1.807, 2.05) is 18.4 Å². The fraction of sp³-hybridized carbons (Fsp3) is 0.143. The average Bonchev–Trinajstić information content (AvgIpc) is 1.95. The van der Waals surface area contributed by atoms with Crippen molar-refractivity contribution >= 4 is 23.4 Å². The van der Waals surface area contributed by atoms with Crippen molar-refractivity contribution in [3.63, 3.8) is 0 Å². The lowest BCUT2D eigenvalue weighted by molar-refractivity contribution is 0.463. The van der Waals surface area contributed by atoms with Crippen LogP contribution in [0.3, 0.4) is 0 Å². The first-order chi connectivity index (χ1) is 4.75. The van der Waals surface area contributed by atoms with Gasteiger partial charge in [0.1, 0.15) is 5.75 Å². The van der Waals surface area contributed by atoms with Crippen molar-refractivity contribution in [3.8, 4) is 5.75 Å². The number of halogens is 1. The van der Waals surface area contributed by atoms with Gasteiger partial charge in [0, 0.05) is 0 Å². The Morgan fingerprint density at radius 1 is 1.50 bits per heavy atom. The number of thioether (sulfide) groups is 1. The predicted octanol–water partition coefficient (Wildman–Crippen LogP) is 2.77. The molecule has 0 aliphatic carbocycles. The van der Waals surface area contributed by atoms with E-state index in [2.05, 4.69) is 0 Å². The Bertz CT molecular complexity index is 237. The van der Waals surface area contributed by atoms with Crippen LogP contribution in [0.15, 0.2) is 23.1 Å².